The molecule has 5 nitrogen and oxygen atoms in total. The third-order valence-corrected chi connectivity index (χ3v) is 6.20. The van der Waals surface area contributed by atoms with E-state index in [1.165, 1.54) is 48.9 Å². The third kappa shape index (κ3) is 4.62. The van der Waals surface area contributed by atoms with Crippen LogP contribution in [0.25, 0.3) is 11.4 Å². The summed E-state index contributed by atoms with van der Waals surface area (Å²) in [4.78, 5) is 12.3. The van der Waals surface area contributed by atoms with Crippen molar-refractivity contribution in [2.24, 2.45) is 0 Å². The van der Waals surface area contributed by atoms with E-state index in [0.29, 0.717) is 21.9 Å². The average Bonchev–Trinajstić information content (AvgIpc) is 3.38. The zero-order valence-electron chi connectivity index (χ0n) is 15.6. The molecular formula is C21H20ClFN4OS. The molecule has 0 saturated heterocycles. The Hall–Kier alpha value is -2.38. The highest BCUT2D eigenvalue weighted by molar-refractivity contribution is 7.99. The maximum absolute atomic E-state index is 13.0. The minimum atomic E-state index is -0.339. The van der Waals surface area contributed by atoms with Crippen LogP contribution < -0.4 is 5.32 Å². The molecule has 1 amide bonds. The van der Waals surface area contributed by atoms with E-state index in [2.05, 4.69) is 20.1 Å². The molecule has 8 heteroatoms. The number of anilines is 1. The molecule has 1 aliphatic rings. The second kappa shape index (κ2) is 8.97. The van der Waals surface area contributed by atoms with Crippen molar-refractivity contribution in [3.8, 4) is 11.4 Å². The lowest BCUT2D eigenvalue weighted by Crippen LogP contribution is -2.15. The number of benzene rings is 2. The van der Waals surface area contributed by atoms with Crippen molar-refractivity contribution in [2.45, 2.75) is 36.9 Å². The van der Waals surface area contributed by atoms with Crippen LogP contribution in [0.2, 0.25) is 5.02 Å². The van der Waals surface area contributed by atoms with Crippen molar-refractivity contribution < 1.29 is 9.18 Å². The van der Waals surface area contributed by atoms with Crippen LogP contribution in [0.4, 0.5) is 10.1 Å². The minimum Gasteiger partial charge on any atom is -0.325 e. The fourth-order valence-electron chi connectivity index (χ4n) is 3.55. The van der Waals surface area contributed by atoms with Crippen LogP contribution in [0.5, 0.6) is 0 Å². The highest BCUT2D eigenvalue weighted by atomic mass is 35.5. The van der Waals surface area contributed by atoms with Gasteiger partial charge in [-0.2, -0.15) is 0 Å². The first-order valence-electron chi connectivity index (χ1n) is 9.50. The normalized spacial score (nSPS) is 14.3. The summed E-state index contributed by atoms with van der Waals surface area (Å²) in [6, 6.07) is 13.6. The summed E-state index contributed by atoms with van der Waals surface area (Å²) in [5.74, 6) is 0.407. The van der Waals surface area contributed by atoms with Crippen molar-refractivity contribution in [1.82, 2.24) is 14.8 Å². The van der Waals surface area contributed by atoms with E-state index in [1.807, 2.05) is 24.3 Å². The summed E-state index contributed by atoms with van der Waals surface area (Å²) in [7, 11) is 0. The molecule has 0 unspecified atom stereocenters. The molecule has 0 spiro atoms. The molecule has 0 aliphatic heterocycles. The van der Waals surface area contributed by atoms with Gasteiger partial charge in [-0.15, -0.1) is 10.2 Å². The Balaban J connectivity index is 1.53. The van der Waals surface area contributed by atoms with E-state index in [9.17, 15) is 9.18 Å². The Morgan fingerprint density at radius 3 is 2.59 bits per heavy atom. The Kier molecular flexibility index (Phi) is 6.16. The van der Waals surface area contributed by atoms with Crippen LogP contribution in [0.3, 0.4) is 0 Å². The van der Waals surface area contributed by atoms with Gasteiger partial charge in [-0.05, 0) is 49.2 Å². The van der Waals surface area contributed by atoms with Gasteiger partial charge in [0.05, 0.1) is 10.8 Å². The fourth-order valence-corrected chi connectivity index (χ4v) is 4.58. The molecule has 3 aromatic rings. The van der Waals surface area contributed by atoms with E-state index in [4.69, 9.17) is 11.6 Å². The number of amides is 1. The second-order valence-electron chi connectivity index (χ2n) is 6.94. The molecule has 150 valence electrons. The molecule has 1 saturated carbocycles. The Morgan fingerprint density at radius 2 is 1.86 bits per heavy atom. The smallest absolute Gasteiger partial charge is 0.234 e. The van der Waals surface area contributed by atoms with Gasteiger partial charge in [0, 0.05) is 17.3 Å². The molecule has 1 aromatic heterocycles. The van der Waals surface area contributed by atoms with Crippen molar-refractivity contribution >= 4 is 35.0 Å². The van der Waals surface area contributed by atoms with Gasteiger partial charge in [0.2, 0.25) is 5.91 Å². The molecule has 2 aromatic carbocycles. The molecule has 4 rings (SSSR count). The zero-order chi connectivity index (χ0) is 20.2. The number of nitrogens with one attached hydrogen (secondary N) is 1. The maximum Gasteiger partial charge on any atom is 0.234 e. The number of aromatic nitrogens is 3. The summed E-state index contributed by atoms with van der Waals surface area (Å²) in [6.07, 6.45) is 4.45. The largest absolute Gasteiger partial charge is 0.325 e. The van der Waals surface area contributed by atoms with Gasteiger partial charge in [0.25, 0.3) is 0 Å². The lowest BCUT2D eigenvalue weighted by molar-refractivity contribution is -0.113. The zero-order valence-corrected chi connectivity index (χ0v) is 17.2. The van der Waals surface area contributed by atoms with Gasteiger partial charge in [-0.1, -0.05) is 48.3 Å². The van der Waals surface area contributed by atoms with Crippen molar-refractivity contribution in [3.05, 3.63) is 59.4 Å². The summed E-state index contributed by atoms with van der Waals surface area (Å²) in [6.45, 7) is 0. The van der Waals surface area contributed by atoms with Gasteiger partial charge < -0.3 is 5.32 Å². The number of halogens is 2. The SMILES string of the molecule is O=C(CSc1nnc(-c2ccccc2Cl)n1C1CCCC1)Nc1ccc(F)cc1. The second-order valence-corrected chi connectivity index (χ2v) is 8.29. The van der Waals surface area contributed by atoms with E-state index < -0.39 is 0 Å². The van der Waals surface area contributed by atoms with Gasteiger partial charge in [0.15, 0.2) is 11.0 Å². The Morgan fingerprint density at radius 1 is 1.14 bits per heavy atom. The Labute approximate surface area is 177 Å². The number of hydrogen-bond acceptors (Lipinski definition) is 4. The standard InChI is InChI=1S/C21H20ClFN4OS/c22-18-8-4-3-7-17(18)20-25-26-21(27(20)16-5-1-2-6-16)29-13-19(28)24-15-11-9-14(23)10-12-15/h3-4,7-12,16H,1-2,5-6,13H2,(H,24,28). The maximum atomic E-state index is 13.0. The molecule has 1 N–H and O–H groups in total. The summed E-state index contributed by atoms with van der Waals surface area (Å²) in [5.41, 5.74) is 1.40. The first-order chi connectivity index (χ1) is 14.1. The predicted molar refractivity (Wildman–Crippen MR) is 114 cm³/mol. The molecule has 0 radical (unpaired) electrons. The summed E-state index contributed by atoms with van der Waals surface area (Å²) < 4.78 is 15.1. The van der Waals surface area contributed by atoms with Crippen LogP contribution in [-0.4, -0.2) is 26.4 Å². The number of nitrogens with zero attached hydrogens (tertiary/aromatic N) is 3. The monoisotopic (exact) mass is 430 g/mol. The molecule has 1 aliphatic carbocycles. The molecule has 0 atom stereocenters. The van der Waals surface area contributed by atoms with E-state index in [1.54, 1.807) is 0 Å². The molecule has 0 bridgehead atoms. The third-order valence-electron chi connectivity index (χ3n) is 4.93. The predicted octanol–water partition coefficient (Wildman–Crippen LogP) is 5.58. The summed E-state index contributed by atoms with van der Waals surface area (Å²) in [5, 5.41) is 12.9. The van der Waals surface area contributed by atoms with Gasteiger partial charge >= 0.3 is 0 Å². The number of carbonyl (C=O) groups excluding carboxylic acids is 1. The summed E-state index contributed by atoms with van der Waals surface area (Å²) >= 11 is 7.74. The molecule has 1 heterocycles. The number of rotatable bonds is 6. The van der Waals surface area contributed by atoms with Crippen molar-refractivity contribution in [1.29, 1.82) is 0 Å². The van der Waals surface area contributed by atoms with Gasteiger partial charge in [-0.25, -0.2) is 4.39 Å². The van der Waals surface area contributed by atoms with E-state index in [0.717, 1.165) is 24.2 Å². The highest BCUT2D eigenvalue weighted by Gasteiger charge is 2.26. The molecular weight excluding hydrogens is 411 g/mol. The molecule has 29 heavy (non-hydrogen) atoms. The highest BCUT2D eigenvalue weighted by Crippen LogP contribution is 2.38. The quantitative estimate of drug-likeness (QED) is 0.518. The van der Waals surface area contributed by atoms with Crippen LogP contribution in [0, 0.1) is 5.82 Å². The van der Waals surface area contributed by atoms with Gasteiger partial charge in [0.1, 0.15) is 5.82 Å². The number of thioether (sulfide) groups is 1. The lowest BCUT2D eigenvalue weighted by Gasteiger charge is -2.17. The van der Waals surface area contributed by atoms with E-state index in [-0.39, 0.29) is 17.5 Å². The van der Waals surface area contributed by atoms with Crippen LogP contribution in [-0.2, 0) is 4.79 Å². The average molecular weight is 431 g/mol. The molecule has 1 fully saturated rings. The number of carbonyl (C=O) groups is 1. The van der Waals surface area contributed by atoms with Crippen LogP contribution in [0.1, 0.15) is 31.7 Å². The van der Waals surface area contributed by atoms with Crippen molar-refractivity contribution in [3.63, 3.8) is 0 Å². The first kappa shape index (κ1) is 19.9. The topological polar surface area (TPSA) is 59.8 Å². The van der Waals surface area contributed by atoms with Crippen molar-refractivity contribution in [2.75, 3.05) is 11.1 Å². The fraction of sp³-hybridized carbons (Fsp3) is 0.286. The number of hydrogen-bond donors (Lipinski definition) is 1. The minimum absolute atomic E-state index is 0.179. The van der Waals surface area contributed by atoms with Gasteiger partial charge in [-0.3, -0.25) is 9.36 Å². The first-order valence-corrected chi connectivity index (χ1v) is 10.9. The van der Waals surface area contributed by atoms with E-state index >= 15 is 0 Å². The lowest BCUT2D eigenvalue weighted by atomic mass is 10.2. The Bertz CT molecular complexity index is 1000. The van der Waals surface area contributed by atoms with Crippen LogP contribution in [0.15, 0.2) is 53.7 Å². The van der Waals surface area contributed by atoms with Crippen LogP contribution >= 0.6 is 23.4 Å².